The van der Waals surface area contributed by atoms with Gasteiger partial charge >= 0.3 is 6.09 Å². The van der Waals surface area contributed by atoms with Crippen LogP contribution in [0.25, 0.3) is 10.9 Å². The summed E-state index contributed by atoms with van der Waals surface area (Å²) in [4.78, 5) is 37.7. The molecule has 0 unspecified atom stereocenters. The van der Waals surface area contributed by atoms with Crippen LogP contribution in [-0.4, -0.2) is 77.2 Å². The summed E-state index contributed by atoms with van der Waals surface area (Å²) in [5.74, 6) is 0.134. The molecule has 0 bridgehead atoms. The first kappa shape index (κ1) is 28.3. The van der Waals surface area contributed by atoms with Gasteiger partial charge in [0.2, 0.25) is 5.91 Å². The summed E-state index contributed by atoms with van der Waals surface area (Å²) in [5.41, 5.74) is -0.111. The van der Waals surface area contributed by atoms with Gasteiger partial charge in [0.25, 0.3) is 0 Å². The lowest BCUT2D eigenvalue weighted by atomic mass is 9.86. The van der Waals surface area contributed by atoms with Crippen LogP contribution in [0.3, 0.4) is 0 Å². The number of hydrogen-bond donors (Lipinski definition) is 2. The van der Waals surface area contributed by atoms with Crippen LogP contribution in [-0.2, 0) is 16.1 Å². The molecule has 1 aliphatic heterocycles. The normalized spacial score (nSPS) is 14.6. The number of amides is 2. The molecule has 2 amide bonds. The number of carbonyl (C=O) groups is 2. The number of nitrogens with zero attached hydrogens (tertiary/aromatic N) is 4. The maximum absolute atomic E-state index is 14.6. The van der Waals surface area contributed by atoms with Crippen LogP contribution in [0.15, 0.2) is 36.7 Å². The van der Waals surface area contributed by atoms with Gasteiger partial charge in [0.05, 0.1) is 36.4 Å². The predicted octanol–water partition coefficient (Wildman–Crippen LogP) is 4.34. The fourth-order valence-electron chi connectivity index (χ4n) is 4.51. The van der Waals surface area contributed by atoms with Crippen molar-refractivity contribution in [3.05, 3.63) is 53.1 Å². The van der Waals surface area contributed by atoms with Crippen molar-refractivity contribution in [1.29, 1.82) is 0 Å². The first-order valence-corrected chi connectivity index (χ1v) is 12.7. The molecule has 1 aliphatic rings. The maximum Gasteiger partial charge on any atom is 0.410 e. The molecule has 2 N–H and O–H groups in total. The van der Waals surface area contributed by atoms with Crippen LogP contribution in [0.2, 0.25) is 5.02 Å². The summed E-state index contributed by atoms with van der Waals surface area (Å²) >= 11 is 5.95. The summed E-state index contributed by atoms with van der Waals surface area (Å²) < 4.78 is 25.7. The maximum atomic E-state index is 14.6. The lowest BCUT2D eigenvalue weighted by molar-refractivity contribution is -0.144. The largest absolute Gasteiger partial charge is 0.496 e. The summed E-state index contributed by atoms with van der Waals surface area (Å²) in [6.45, 7) is 6.01. The van der Waals surface area contributed by atoms with Gasteiger partial charge in [-0.1, -0.05) is 17.7 Å². The molecule has 208 valence electrons. The Morgan fingerprint density at radius 2 is 1.95 bits per heavy atom. The molecule has 1 fully saturated rings. The molecule has 39 heavy (non-hydrogen) atoms. The van der Waals surface area contributed by atoms with Crippen molar-refractivity contribution in [2.45, 2.75) is 38.5 Å². The van der Waals surface area contributed by atoms with Crippen molar-refractivity contribution in [2.24, 2.45) is 0 Å². The minimum Gasteiger partial charge on any atom is -0.496 e. The predicted molar refractivity (Wildman–Crippen MR) is 147 cm³/mol. The third-order valence-corrected chi connectivity index (χ3v) is 6.88. The lowest BCUT2D eigenvalue weighted by Gasteiger charge is -2.52. The molecule has 0 atom stereocenters. The van der Waals surface area contributed by atoms with Gasteiger partial charge in [-0.15, -0.1) is 0 Å². The van der Waals surface area contributed by atoms with E-state index in [4.69, 9.17) is 21.1 Å². The van der Waals surface area contributed by atoms with Crippen molar-refractivity contribution >= 4 is 46.0 Å². The fourth-order valence-corrected chi connectivity index (χ4v) is 4.68. The quantitative estimate of drug-likeness (QED) is 0.441. The number of aromatic nitrogens is 2. The van der Waals surface area contributed by atoms with E-state index in [0.29, 0.717) is 29.0 Å². The van der Waals surface area contributed by atoms with Crippen LogP contribution in [0.5, 0.6) is 5.75 Å². The number of carbonyl (C=O) groups excluding carboxylic acids is 2. The molecule has 0 spiro atoms. The number of methoxy groups -OCH3 is 1. The van der Waals surface area contributed by atoms with E-state index < -0.39 is 23.1 Å². The summed E-state index contributed by atoms with van der Waals surface area (Å²) in [6.07, 6.45) is 0.901. The molecule has 0 saturated carbocycles. The van der Waals surface area contributed by atoms with Gasteiger partial charge in [0.1, 0.15) is 29.0 Å². The second kappa shape index (κ2) is 10.8. The van der Waals surface area contributed by atoms with E-state index in [1.807, 2.05) is 18.0 Å². The van der Waals surface area contributed by atoms with Crippen molar-refractivity contribution < 1.29 is 23.5 Å². The van der Waals surface area contributed by atoms with E-state index in [1.54, 1.807) is 53.1 Å². The molecule has 12 heteroatoms. The van der Waals surface area contributed by atoms with Crippen LogP contribution in [0.1, 0.15) is 26.3 Å². The second-order valence-corrected chi connectivity index (χ2v) is 10.8. The lowest BCUT2D eigenvalue weighted by Crippen LogP contribution is -2.76. The van der Waals surface area contributed by atoms with Crippen molar-refractivity contribution in [3.63, 3.8) is 0 Å². The Hall–Kier alpha value is -3.70. The molecule has 3 aromatic rings. The Kier molecular flexibility index (Phi) is 7.85. The van der Waals surface area contributed by atoms with E-state index in [0.717, 1.165) is 5.56 Å². The summed E-state index contributed by atoms with van der Waals surface area (Å²) in [6, 6.07) is 8.27. The Bertz CT molecular complexity index is 1410. The zero-order chi connectivity index (χ0) is 28.5. The Morgan fingerprint density at radius 3 is 2.59 bits per heavy atom. The monoisotopic (exact) mass is 558 g/mol. The molecule has 0 radical (unpaired) electrons. The SMILES string of the molecule is CNC(=O)C1(N(C)Cc2cc3c(Nc4cccc(Cl)c4F)ncnc3cc2OC)CN(C(=O)OC(C)(C)C)C1. The van der Waals surface area contributed by atoms with Crippen LogP contribution < -0.4 is 15.4 Å². The molecule has 1 aromatic heterocycles. The highest BCUT2D eigenvalue weighted by molar-refractivity contribution is 6.31. The molecule has 2 heterocycles. The highest BCUT2D eigenvalue weighted by Crippen LogP contribution is 2.35. The molecule has 1 saturated heterocycles. The highest BCUT2D eigenvalue weighted by Gasteiger charge is 2.54. The van der Waals surface area contributed by atoms with Gasteiger partial charge in [0, 0.05) is 30.6 Å². The molecular formula is C27H32ClFN6O4. The first-order chi connectivity index (χ1) is 18.4. The molecule has 0 aliphatic carbocycles. The smallest absolute Gasteiger partial charge is 0.410 e. The highest BCUT2D eigenvalue weighted by atomic mass is 35.5. The average molecular weight is 559 g/mol. The number of likely N-dealkylation sites (tertiary alicyclic amines) is 1. The van der Waals surface area contributed by atoms with Gasteiger partial charge in [-0.05, 0) is 46.0 Å². The summed E-state index contributed by atoms with van der Waals surface area (Å²) in [7, 11) is 4.93. The van der Waals surface area contributed by atoms with Crippen LogP contribution >= 0.6 is 11.6 Å². The minimum atomic E-state index is -0.968. The fraction of sp³-hybridized carbons (Fsp3) is 0.407. The average Bonchev–Trinajstić information content (AvgIpc) is 2.84. The summed E-state index contributed by atoms with van der Waals surface area (Å²) in [5, 5.41) is 6.34. The van der Waals surface area contributed by atoms with Gasteiger partial charge in [-0.2, -0.15) is 0 Å². The number of benzene rings is 2. The van der Waals surface area contributed by atoms with Crippen LogP contribution in [0, 0.1) is 5.82 Å². The van der Waals surface area contributed by atoms with Crippen molar-refractivity contribution in [3.8, 4) is 5.75 Å². The van der Waals surface area contributed by atoms with E-state index in [1.165, 1.54) is 17.3 Å². The topological polar surface area (TPSA) is 109 Å². The van der Waals surface area contributed by atoms with E-state index in [-0.39, 0.29) is 29.7 Å². The first-order valence-electron chi connectivity index (χ1n) is 12.3. The zero-order valence-electron chi connectivity index (χ0n) is 22.8. The van der Waals surface area contributed by atoms with Gasteiger partial charge in [0.15, 0.2) is 5.82 Å². The number of hydrogen-bond acceptors (Lipinski definition) is 8. The Morgan fingerprint density at radius 1 is 1.23 bits per heavy atom. The Labute approximate surface area is 231 Å². The third-order valence-electron chi connectivity index (χ3n) is 6.59. The Balaban J connectivity index is 1.64. The number of halogens is 2. The number of ether oxygens (including phenoxy) is 2. The third kappa shape index (κ3) is 5.69. The van der Waals surface area contributed by atoms with Gasteiger partial charge < -0.3 is 25.0 Å². The van der Waals surface area contributed by atoms with Crippen molar-refractivity contribution in [1.82, 2.24) is 25.1 Å². The minimum absolute atomic E-state index is 0.0113. The van der Waals surface area contributed by atoms with Gasteiger partial charge in [-0.3, -0.25) is 9.69 Å². The van der Waals surface area contributed by atoms with Crippen LogP contribution in [0.4, 0.5) is 20.7 Å². The van der Waals surface area contributed by atoms with E-state index in [2.05, 4.69) is 20.6 Å². The second-order valence-electron chi connectivity index (χ2n) is 10.4. The number of likely N-dealkylation sites (N-methyl/N-ethyl adjacent to an activating group) is 2. The van der Waals surface area contributed by atoms with Gasteiger partial charge in [-0.25, -0.2) is 19.2 Å². The zero-order valence-corrected chi connectivity index (χ0v) is 23.5. The number of anilines is 2. The molecular weight excluding hydrogens is 527 g/mol. The molecule has 4 rings (SSSR count). The number of fused-ring (bicyclic) bond motifs is 1. The number of nitrogens with one attached hydrogen (secondary N) is 2. The standard InChI is InChI=1S/C27H32ClFN6O4/c1-26(2,3)39-25(37)35-13-27(14-35,24(36)30-4)34(5)12-16-10-17-20(11-21(16)38-6)31-15-32-23(17)33-19-9-7-8-18(28)22(19)29/h7-11,15H,12-14H2,1-6H3,(H,30,36)(H,31,32,33). The molecule has 10 nitrogen and oxygen atoms in total. The number of rotatable bonds is 7. The van der Waals surface area contributed by atoms with Crippen molar-refractivity contribution in [2.75, 3.05) is 39.6 Å². The molecule has 2 aromatic carbocycles. The van der Waals surface area contributed by atoms with E-state index >= 15 is 0 Å². The van der Waals surface area contributed by atoms with E-state index in [9.17, 15) is 14.0 Å².